The quantitative estimate of drug-likeness (QED) is 0.182. The molecule has 0 amide bonds. The molecule has 3 aromatic rings. The van der Waals surface area contributed by atoms with Gasteiger partial charge in [0.25, 0.3) is 5.69 Å². The number of ether oxygens (including phenoxy) is 2. The maximum atomic E-state index is 13.6. The Morgan fingerprint density at radius 1 is 1.09 bits per heavy atom. The van der Waals surface area contributed by atoms with Crippen LogP contribution in [-0.2, 0) is 19.6 Å². The van der Waals surface area contributed by atoms with E-state index in [1.54, 1.807) is 36.4 Å². The first-order valence-electron chi connectivity index (χ1n) is 10.2. The maximum absolute atomic E-state index is 13.6. The van der Waals surface area contributed by atoms with E-state index in [4.69, 9.17) is 32.7 Å². The average Bonchev–Trinajstić information content (AvgIpc) is 3.25. The minimum Gasteiger partial charge on any atom is -0.427 e. The predicted octanol–water partition coefficient (Wildman–Crippen LogP) is 5.29. The Labute approximate surface area is 211 Å². The Balaban J connectivity index is 1.72. The lowest BCUT2D eigenvalue weighted by atomic mass is 10.1. The molecule has 182 valence electrons. The number of halogens is 2. The van der Waals surface area contributed by atoms with Gasteiger partial charge in [0.05, 0.1) is 15.9 Å². The van der Waals surface area contributed by atoms with Gasteiger partial charge in [-0.15, -0.1) is 0 Å². The van der Waals surface area contributed by atoms with Gasteiger partial charge in [0.2, 0.25) is 10.0 Å². The number of rotatable bonds is 6. The van der Waals surface area contributed by atoms with E-state index in [2.05, 4.69) is 0 Å². The van der Waals surface area contributed by atoms with Crippen LogP contribution >= 0.6 is 23.2 Å². The number of nitrogens with zero attached hydrogens (tertiary/aromatic N) is 2. The molecule has 1 saturated heterocycles. The Bertz CT molecular complexity index is 1380. The number of esters is 1. The third kappa shape index (κ3) is 5.31. The third-order valence-electron chi connectivity index (χ3n) is 5.30. The summed E-state index contributed by atoms with van der Waals surface area (Å²) in [4.78, 5) is 21.4. The molecule has 0 spiro atoms. The fourth-order valence-corrected chi connectivity index (χ4v) is 5.66. The van der Waals surface area contributed by atoms with Gasteiger partial charge >= 0.3 is 5.97 Å². The summed E-state index contributed by atoms with van der Waals surface area (Å²) in [5.74, 6) is -0.125. The van der Waals surface area contributed by atoms with Crippen LogP contribution in [0.3, 0.4) is 0 Å². The van der Waals surface area contributed by atoms with Gasteiger partial charge in [-0.05, 0) is 42.0 Å². The van der Waals surface area contributed by atoms with Gasteiger partial charge in [-0.2, -0.15) is 4.31 Å². The van der Waals surface area contributed by atoms with Crippen LogP contribution in [0.4, 0.5) is 5.69 Å². The molecule has 0 aromatic heterocycles. The van der Waals surface area contributed by atoms with Crippen molar-refractivity contribution in [3.8, 4) is 5.75 Å². The van der Waals surface area contributed by atoms with Crippen LogP contribution in [0.1, 0.15) is 30.4 Å². The number of nitro groups is 1. The molecular formula is C23H18Cl2N2O7S. The molecule has 0 N–H and O–H groups in total. The zero-order valence-corrected chi connectivity index (χ0v) is 20.5. The van der Waals surface area contributed by atoms with E-state index >= 15 is 0 Å². The van der Waals surface area contributed by atoms with Crippen molar-refractivity contribution >= 4 is 44.9 Å². The third-order valence-corrected chi connectivity index (χ3v) is 7.68. The fraction of sp³-hybridized carbons (Fsp3) is 0.174. The summed E-state index contributed by atoms with van der Waals surface area (Å²) in [7, 11) is -4.15. The number of nitro benzene ring substituents is 1. The first kappa shape index (κ1) is 25.1. The number of benzene rings is 3. The molecule has 9 nitrogen and oxygen atoms in total. The highest BCUT2D eigenvalue weighted by Crippen LogP contribution is 2.43. The zero-order chi connectivity index (χ0) is 25.3. The second-order valence-corrected chi connectivity index (χ2v) is 10.4. The van der Waals surface area contributed by atoms with Gasteiger partial charge in [0.1, 0.15) is 5.75 Å². The van der Waals surface area contributed by atoms with Gasteiger partial charge in [-0.3, -0.25) is 14.9 Å². The molecule has 1 fully saturated rings. The lowest BCUT2D eigenvalue weighted by Gasteiger charge is -2.23. The largest absolute Gasteiger partial charge is 0.427 e. The summed E-state index contributed by atoms with van der Waals surface area (Å²) in [5, 5.41) is 11.6. The van der Waals surface area contributed by atoms with Crippen molar-refractivity contribution in [2.75, 3.05) is 6.54 Å². The number of carbonyl (C=O) groups is 1. The molecule has 4 rings (SSSR count). The molecule has 1 unspecified atom stereocenters. The summed E-state index contributed by atoms with van der Waals surface area (Å²) in [6.07, 6.45) is -1.76. The Hall–Kier alpha value is -3.02. The van der Waals surface area contributed by atoms with Crippen LogP contribution in [0.2, 0.25) is 10.0 Å². The van der Waals surface area contributed by atoms with Crippen molar-refractivity contribution in [3.63, 3.8) is 0 Å². The molecule has 35 heavy (non-hydrogen) atoms. The second-order valence-electron chi connectivity index (χ2n) is 7.63. The van der Waals surface area contributed by atoms with Crippen molar-refractivity contribution in [3.05, 3.63) is 98.0 Å². The van der Waals surface area contributed by atoms with Gasteiger partial charge in [-0.1, -0.05) is 41.4 Å². The topological polar surface area (TPSA) is 116 Å². The molecule has 3 aromatic carbocycles. The summed E-state index contributed by atoms with van der Waals surface area (Å²) in [6, 6.07) is 15.7. The van der Waals surface area contributed by atoms with E-state index < -0.39 is 33.2 Å². The van der Waals surface area contributed by atoms with Gasteiger partial charge < -0.3 is 9.47 Å². The number of hydrogen-bond acceptors (Lipinski definition) is 7. The van der Waals surface area contributed by atoms with Crippen LogP contribution in [0, 0.1) is 10.1 Å². The minimum absolute atomic E-state index is 0.0597. The lowest BCUT2D eigenvalue weighted by molar-refractivity contribution is -0.384. The molecule has 1 aliphatic rings. The van der Waals surface area contributed by atoms with E-state index in [1.165, 1.54) is 25.1 Å². The summed E-state index contributed by atoms with van der Waals surface area (Å²) in [6.45, 7) is 1.23. The maximum Gasteiger partial charge on any atom is 0.308 e. The summed E-state index contributed by atoms with van der Waals surface area (Å²) >= 11 is 12.4. The Kier molecular flexibility index (Phi) is 7.11. The number of hydrogen-bond donors (Lipinski definition) is 0. The number of carbonyl (C=O) groups excluding carboxylic acids is 1. The molecule has 2 atom stereocenters. The van der Waals surface area contributed by atoms with Crippen LogP contribution in [0.5, 0.6) is 5.75 Å². The highest BCUT2D eigenvalue weighted by Gasteiger charge is 2.43. The van der Waals surface area contributed by atoms with E-state index in [0.717, 1.165) is 16.4 Å². The van der Waals surface area contributed by atoms with Gasteiger partial charge in [-0.25, -0.2) is 8.42 Å². The fourth-order valence-electron chi connectivity index (χ4n) is 3.66. The monoisotopic (exact) mass is 536 g/mol. The normalized spacial score (nSPS) is 18.4. The van der Waals surface area contributed by atoms with E-state index in [1.807, 2.05) is 0 Å². The molecule has 0 saturated carbocycles. The molecule has 1 heterocycles. The second kappa shape index (κ2) is 9.92. The first-order valence-corrected chi connectivity index (χ1v) is 12.4. The molecule has 0 aliphatic carbocycles. The highest BCUT2D eigenvalue weighted by atomic mass is 35.5. The molecular weight excluding hydrogens is 519 g/mol. The predicted molar refractivity (Wildman–Crippen MR) is 128 cm³/mol. The SMILES string of the molecule is CC(=O)Oc1ccc(C2CN(S(=O)(=O)c3ccc([N+](=O)[O-])cc3)[C@H](c3ccc(Cl)cc3Cl)O2)cc1. The number of sulfonamides is 1. The zero-order valence-electron chi connectivity index (χ0n) is 18.1. The Morgan fingerprint density at radius 3 is 2.31 bits per heavy atom. The van der Waals surface area contributed by atoms with Crippen molar-refractivity contribution in [2.45, 2.75) is 24.2 Å². The van der Waals surface area contributed by atoms with Crippen molar-refractivity contribution in [1.82, 2.24) is 4.31 Å². The molecule has 0 radical (unpaired) electrons. The summed E-state index contributed by atoms with van der Waals surface area (Å²) in [5.41, 5.74) is 0.808. The van der Waals surface area contributed by atoms with E-state index in [-0.39, 0.29) is 22.2 Å². The van der Waals surface area contributed by atoms with Gasteiger partial charge in [0, 0.05) is 41.2 Å². The van der Waals surface area contributed by atoms with E-state index in [9.17, 15) is 23.3 Å². The van der Waals surface area contributed by atoms with Gasteiger partial charge in [0.15, 0.2) is 6.23 Å². The van der Waals surface area contributed by atoms with Crippen LogP contribution < -0.4 is 4.74 Å². The molecule has 12 heteroatoms. The molecule has 1 aliphatic heterocycles. The summed E-state index contributed by atoms with van der Waals surface area (Å²) < 4.78 is 39.5. The van der Waals surface area contributed by atoms with E-state index in [0.29, 0.717) is 21.9 Å². The van der Waals surface area contributed by atoms with Crippen LogP contribution in [0.15, 0.2) is 71.6 Å². The highest BCUT2D eigenvalue weighted by molar-refractivity contribution is 7.89. The van der Waals surface area contributed by atoms with Crippen molar-refractivity contribution < 1.29 is 27.6 Å². The standard InChI is InChI=1S/C23H18Cl2N2O7S/c1-14(28)33-18-7-2-15(3-8-18)22-13-26(23(34-22)20-11-4-16(24)12-21(20)25)35(31,32)19-9-5-17(6-10-19)27(29)30/h2-12,22-23H,13H2,1H3/t22?,23-/m0/s1. The first-order chi connectivity index (χ1) is 16.6. The lowest BCUT2D eigenvalue weighted by Crippen LogP contribution is -2.31. The van der Waals surface area contributed by atoms with Crippen LogP contribution in [0.25, 0.3) is 0 Å². The van der Waals surface area contributed by atoms with Crippen molar-refractivity contribution in [1.29, 1.82) is 0 Å². The Morgan fingerprint density at radius 2 is 1.74 bits per heavy atom. The van der Waals surface area contributed by atoms with Crippen molar-refractivity contribution in [2.24, 2.45) is 0 Å². The number of non-ortho nitro benzene ring substituents is 1. The smallest absolute Gasteiger partial charge is 0.308 e. The average molecular weight is 537 g/mol. The van der Waals surface area contributed by atoms with Crippen LogP contribution in [-0.4, -0.2) is 30.2 Å². The molecule has 0 bridgehead atoms. The minimum atomic E-state index is -4.15.